The number of benzene rings is 1. The zero-order valence-electron chi connectivity index (χ0n) is 14.7. The third-order valence-electron chi connectivity index (χ3n) is 4.04. The van der Waals surface area contributed by atoms with Gasteiger partial charge in [-0.2, -0.15) is 0 Å². The number of carbonyl (C=O) groups is 1. The highest BCUT2D eigenvalue weighted by molar-refractivity contribution is 7.89. The molecule has 7 heteroatoms. The van der Waals surface area contributed by atoms with Gasteiger partial charge >= 0.3 is 0 Å². The monoisotopic (exact) mass is 354 g/mol. The number of nitrogens with one attached hydrogen (secondary N) is 1. The van der Waals surface area contributed by atoms with Gasteiger partial charge in [-0.05, 0) is 50.8 Å². The molecule has 24 heavy (non-hydrogen) atoms. The van der Waals surface area contributed by atoms with E-state index in [0.29, 0.717) is 24.6 Å². The summed E-state index contributed by atoms with van der Waals surface area (Å²) in [7, 11) is -2.33. The molecule has 0 aromatic heterocycles. The Kier molecular flexibility index (Phi) is 5.87. The van der Waals surface area contributed by atoms with Crippen LogP contribution >= 0.6 is 0 Å². The van der Waals surface area contributed by atoms with Crippen LogP contribution in [0.3, 0.4) is 0 Å². The van der Waals surface area contributed by atoms with Crippen LogP contribution in [0.1, 0.15) is 44.0 Å². The van der Waals surface area contributed by atoms with Gasteiger partial charge in [0, 0.05) is 24.7 Å². The van der Waals surface area contributed by atoms with Crippen LogP contribution in [0.2, 0.25) is 0 Å². The highest BCUT2D eigenvalue weighted by atomic mass is 32.2. The quantitative estimate of drug-likeness (QED) is 0.880. The Morgan fingerprint density at radius 3 is 2.67 bits per heavy atom. The molecule has 0 saturated carbocycles. The molecule has 6 nitrogen and oxygen atoms in total. The first-order valence-corrected chi connectivity index (χ1v) is 9.72. The molecule has 1 aliphatic heterocycles. The summed E-state index contributed by atoms with van der Waals surface area (Å²) in [4.78, 5) is 14.5. The first kappa shape index (κ1) is 18.7. The van der Waals surface area contributed by atoms with Crippen molar-refractivity contribution in [3.8, 4) is 5.75 Å². The molecular formula is C17H26N2O4S. The Balaban J connectivity index is 2.36. The molecule has 134 valence electrons. The lowest BCUT2D eigenvalue weighted by atomic mass is 9.99. The van der Waals surface area contributed by atoms with E-state index in [1.54, 1.807) is 24.8 Å². The summed E-state index contributed by atoms with van der Waals surface area (Å²) >= 11 is 0. The number of hydrogen-bond acceptors (Lipinski definition) is 4. The van der Waals surface area contributed by atoms with Gasteiger partial charge in [-0.15, -0.1) is 0 Å². The lowest BCUT2D eigenvalue weighted by molar-refractivity contribution is 0.0682. The average molecular weight is 354 g/mol. The van der Waals surface area contributed by atoms with Gasteiger partial charge in [-0.3, -0.25) is 4.79 Å². The molecule has 1 heterocycles. The van der Waals surface area contributed by atoms with Gasteiger partial charge < -0.3 is 9.64 Å². The van der Waals surface area contributed by atoms with Crippen LogP contribution in [0.15, 0.2) is 23.1 Å². The molecule has 0 aliphatic carbocycles. The van der Waals surface area contributed by atoms with E-state index in [4.69, 9.17) is 4.74 Å². The van der Waals surface area contributed by atoms with E-state index in [-0.39, 0.29) is 22.6 Å². The third kappa shape index (κ3) is 4.27. The van der Waals surface area contributed by atoms with E-state index in [2.05, 4.69) is 11.6 Å². The molecule has 0 bridgehead atoms. The van der Waals surface area contributed by atoms with Crippen molar-refractivity contribution >= 4 is 15.9 Å². The molecule has 1 saturated heterocycles. The highest BCUT2D eigenvalue weighted by Crippen LogP contribution is 2.26. The topological polar surface area (TPSA) is 75.7 Å². The molecular weight excluding hydrogens is 328 g/mol. The summed E-state index contributed by atoms with van der Waals surface area (Å²) in [6.07, 6.45) is 2.09. The molecule has 1 aromatic carbocycles. The van der Waals surface area contributed by atoms with Crippen molar-refractivity contribution in [2.75, 3.05) is 20.2 Å². The molecule has 1 unspecified atom stereocenters. The molecule has 1 amide bonds. The number of amides is 1. The van der Waals surface area contributed by atoms with Crippen LogP contribution in [-0.4, -0.2) is 45.5 Å². The van der Waals surface area contributed by atoms with E-state index in [0.717, 1.165) is 12.8 Å². The van der Waals surface area contributed by atoms with Crippen molar-refractivity contribution in [1.29, 1.82) is 0 Å². The zero-order valence-corrected chi connectivity index (χ0v) is 15.5. The van der Waals surface area contributed by atoms with Gasteiger partial charge in [0.15, 0.2) is 0 Å². The fraction of sp³-hybridized carbons (Fsp3) is 0.588. The minimum atomic E-state index is -3.75. The molecule has 1 aliphatic rings. The molecule has 1 atom stereocenters. The third-order valence-corrected chi connectivity index (χ3v) is 5.71. The minimum Gasteiger partial charge on any atom is -0.495 e. The standard InChI is InChI=1S/C17H26N2O4S/c1-12(2)18-24(21,22)16-10-14(7-8-15(16)23-4)17(20)19-9-5-6-13(3)11-19/h7-8,10,12-13,18H,5-6,9,11H2,1-4H3. The maximum absolute atomic E-state index is 12.7. The second kappa shape index (κ2) is 7.53. The van der Waals surface area contributed by atoms with E-state index in [9.17, 15) is 13.2 Å². The van der Waals surface area contributed by atoms with Crippen molar-refractivity contribution in [1.82, 2.24) is 9.62 Å². The lowest BCUT2D eigenvalue weighted by Crippen LogP contribution is -2.39. The van der Waals surface area contributed by atoms with Gasteiger partial charge in [0.1, 0.15) is 10.6 Å². The van der Waals surface area contributed by atoms with Gasteiger partial charge in [0.05, 0.1) is 7.11 Å². The lowest BCUT2D eigenvalue weighted by Gasteiger charge is -2.31. The predicted molar refractivity (Wildman–Crippen MR) is 92.8 cm³/mol. The summed E-state index contributed by atoms with van der Waals surface area (Å²) in [5.74, 6) is 0.559. The van der Waals surface area contributed by atoms with Crippen LogP contribution in [0.25, 0.3) is 0 Å². The first-order chi connectivity index (χ1) is 11.2. The highest BCUT2D eigenvalue weighted by Gasteiger charge is 2.26. The number of ether oxygens (including phenoxy) is 1. The van der Waals surface area contributed by atoms with Crippen LogP contribution in [-0.2, 0) is 10.0 Å². The molecule has 2 rings (SSSR count). The van der Waals surface area contributed by atoms with E-state index < -0.39 is 10.0 Å². The van der Waals surface area contributed by atoms with Crippen molar-refractivity contribution < 1.29 is 17.9 Å². The molecule has 0 spiro atoms. The number of piperidine rings is 1. The summed E-state index contributed by atoms with van der Waals surface area (Å²) < 4.78 is 32.7. The summed E-state index contributed by atoms with van der Waals surface area (Å²) in [5.41, 5.74) is 0.369. The number of sulfonamides is 1. The van der Waals surface area contributed by atoms with Crippen molar-refractivity contribution in [3.05, 3.63) is 23.8 Å². The fourth-order valence-electron chi connectivity index (χ4n) is 2.95. The first-order valence-electron chi connectivity index (χ1n) is 8.24. The van der Waals surface area contributed by atoms with E-state index >= 15 is 0 Å². The number of carbonyl (C=O) groups excluding carboxylic acids is 1. The van der Waals surface area contributed by atoms with E-state index in [1.807, 2.05) is 0 Å². The van der Waals surface area contributed by atoms with Crippen molar-refractivity contribution in [2.45, 2.75) is 44.6 Å². The van der Waals surface area contributed by atoms with Crippen molar-refractivity contribution in [3.63, 3.8) is 0 Å². The van der Waals surface area contributed by atoms with Crippen molar-refractivity contribution in [2.24, 2.45) is 5.92 Å². The van der Waals surface area contributed by atoms with Crippen LogP contribution < -0.4 is 9.46 Å². The Morgan fingerprint density at radius 2 is 2.08 bits per heavy atom. The van der Waals surface area contributed by atoms with Gasteiger partial charge in [-0.1, -0.05) is 6.92 Å². The maximum Gasteiger partial charge on any atom is 0.253 e. The van der Waals surface area contributed by atoms with Gasteiger partial charge in [0.25, 0.3) is 5.91 Å². The molecule has 1 fully saturated rings. The normalized spacial score (nSPS) is 18.7. The molecule has 0 radical (unpaired) electrons. The Morgan fingerprint density at radius 1 is 1.38 bits per heavy atom. The second-order valence-electron chi connectivity index (χ2n) is 6.64. The van der Waals surface area contributed by atoms with Crippen LogP contribution in [0.5, 0.6) is 5.75 Å². The smallest absolute Gasteiger partial charge is 0.253 e. The maximum atomic E-state index is 12.7. The minimum absolute atomic E-state index is 0.00499. The van der Waals surface area contributed by atoms with Crippen LogP contribution in [0.4, 0.5) is 0 Å². The number of nitrogens with zero attached hydrogens (tertiary/aromatic N) is 1. The number of likely N-dealkylation sites (tertiary alicyclic amines) is 1. The molecule has 1 N–H and O–H groups in total. The SMILES string of the molecule is COc1ccc(C(=O)N2CCCC(C)C2)cc1S(=O)(=O)NC(C)C. The Hall–Kier alpha value is -1.60. The number of rotatable bonds is 5. The Labute approximate surface area is 144 Å². The number of methoxy groups -OCH3 is 1. The zero-order chi connectivity index (χ0) is 17.9. The summed E-state index contributed by atoms with van der Waals surface area (Å²) in [6, 6.07) is 4.32. The summed E-state index contributed by atoms with van der Waals surface area (Å²) in [5, 5.41) is 0. The molecule has 1 aromatic rings. The van der Waals surface area contributed by atoms with Crippen LogP contribution in [0, 0.1) is 5.92 Å². The van der Waals surface area contributed by atoms with E-state index in [1.165, 1.54) is 19.2 Å². The fourth-order valence-corrected chi connectivity index (χ4v) is 4.40. The van der Waals surface area contributed by atoms with Gasteiger partial charge in [0.2, 0.25) is 10.0 Å². The largest absolute Gasteiger partial charge is 0.495 e. The number of hydrogen-bond donors (Lipinski definition) is 1. The Bertz CT molecular complexity index is 701. The second-order valence-corrected chi connectivity index (χ2v) is 8.32. The summed E-state index contributed by atoms with van der Waals surface area (Å²) in [6.45, 7) is 7.02. The average Bonchev–Trinajstić information content (AvgIpc) is 2.52. The predicted octanol–water partition coefficient (Wildman–Crippen LogP) is 2.25. The van der Waals surface area contributed by atoms with Gasteiger partial charge in [-0.25, -0.2) is 13.1 Å².